The molecule has 36 heavy (non-hydrogen) atoms. The molecule has 186 valence electrons. The van der Waals surface area contributed by atoms with E-state index in [1.165, 1.54) is 14.2 Å². The number of aryl methyl sites for hydroxylation is 1. The van der Waals surface area contributed by atoms with E-state index in [0.717, 1.165) is 20.8 Å². The van der Waals surface area contributed by atoms with Crippen LogP contribution in [0.4, 0.5) is 11.4 Å². The Morgan fingerprint density at radius 2 is 1.44 bits per heavy atom. The summed E-state index contributed by atoms with van der Waals surface area (Å²) in [5, 5.41) is 4.16. The van der Waals surface area contributed by atoms with Crippen LogP contribution in [0.3, 0.4) is 0 Å². The fourth-order valence-electron chi connectivity index (χ4n) is 4.13. The second-order valence-electron chi connectivity index (χ2n) is 8.29. The van der Waals surface area contributed by atoms with Crippen molar-refractivity contribution >= 4 is 38.1 Å². The van der Waals surface area contributed by atoms with Gasteiger partial charge in [-0.15, -0.1) is 0 Å². The van der Waals surface area contributed by atoms with Crippen LogP contribution in [-0.4, -0.2) is 35.1 Å². The van der Waals surface area contributed by atoms with E-state index in [1.807, 2.05) is 38.1 Å². The van der Waals surface area contributed by atoms with Crippen molar-refractivity contribution in [3.63, 3.8) is 0 Å². The third-order valence-corrected chi connectivity index (χ3v) is 7.96. The zero-order valence-corrected chi connectivity index (χ0v) is 21.4. The van der Waals surface area contributed by atoms with Gasteiger partial charge in [-0.3, -0.25) is 9.10 Å². The molecule has 0 aromatic heterocycles. The molecular weight excluding hydrogens is 476 g/mol. The lowest BCUT2D eigenvalue weighted by atomic mass is 10.1. The van der Waals surface area contributed by atoms with Gasteiger partial charge in [0.1, 0.15) is 23.7 Å². The lowest BCUT2D eigenvalue weighted by molar-refractivity contribution is -0.114. The number of hydrogen-bond acceptors (Lipinski definition) is 5. The first kappa shape index (κ1) is 25.1. The standard InChI is InChI=1S/C28H28N2O5S/c1-19-10-7-14-23(20(19)2)30(18-27(31)29-28-24(34-3)15-9-16-25(28)35-4)36(32,33)26-17-8-12-21-11-5-6-13-22(21)26/h5-17H,18H2,1-4H3,(H,29,31). The molecule has 0 saturated carbocycles. The number of methoxy groups -OCH3 is 2. The molecule has 8 heteroatoms. The van der Waals surface area contributed by atoms with Gasteiger partial charge in [-0.1, -0.05) is 54.6 Å². The molecule has 0 unspecified atom stereocenters. The zero-order valence-electron chi connectivity index (χ0n) is 20.6. The number of anilines is 2. The highest BCUT2D eigenvalue weighted by molar-refractivity contribution is 7.93. The molecule has 4 rings (SSSR count). The van der Waals surface area contributed by atoms with Crippen molar-refractivity contribution in [2.45, 2.75) is 18.7 Å². The number of rotatable bonds is 8. The van der Waals surface area contributed by atoms with Crippen LogP contribution in [0.15, 0.2) is 83.8 Å². The number of carbonyl (C=O) groups excluding carboxylic acids is 1. The van der Waals surface area contributed by atoms with E-state index in [-0.39, 0.29) is 4.90 Å². The first-order valence-corrected chi connectivity index (χ1v) is 12.8. The Kier molecular flexibility index (Phi) is 7.17. The largest absolute Gasteiger partial charge is 0.494 e. The van der Waals surface area contributed by atoms with Gasteiger partial charge in [-0.2, -0.15) is 0 Å². The number of para-hydroxylation sites is 1. The fraction of sp³-hybridized carbons (Fsp3) is 0.179. The monoisotopic (exact) mass is 504 g/mol. The predicted octanol–water partition coefficient (Wildman–Crippen LogP) is 5.31. The summed E-state index contributed by atoms with van der Waals surface area (Å²) in [6.45, 7) is 3.30. The summed E-state index contributed by atoms with van der Waals surface area (Å²) in [6, 6.07) is 22.9. The van der Waals surface area contributed by atoms with E-state index in [1.54, 1.807) is 54.6 Å². The van der Waals surface area contributed by atoms with Crippen molar-refractivity contribution in [1.82, 2.24) is 0 Å². The number of hydrogen-bond donors (Lipinski definition) is 1. The van der Waals surface area contributed by atoms with Gasteiger partial charge in [0.15, 0.2) is 0 Å². The third-order valence-electron chi connectivity index (χ3n) is 6.14. The molecule has 0 atom stereocenters. The molecule has 0 aliphatic rings. The summed E-state index contributed by atoms with van der Waals surface area (Å²) < 4.78 is 40.2. The topological polar surface area (TPSA) is 84.9 Å². The maximum atomic E-state index is 14.1. The van der Waals surface area contributed by atoms with Crippen LogP contribution in [0.2, 0.25) is 0 Å². The highest BCUT2D eigenvalue weighted by Gasteiger charge is 2.30. The summed E-state index contributed by atoms with van der Waals surface area (Å²) >= 11 is 0. The van der Waals surface area contributed by atoms with Crippen molar-refractivity contribution in [3.8, 4) is 11.5 Å². The van der Waals surface area contributed by atoms with Crippen molar-refractivity contribution in [2.75, 3.05) is 30.4 Å². The van der Waals surface area contributed by atoms with Crippen molar-refractivity contribution in [1.29, 1.82) is 0 Å². The Morgan fingerprint density at radius 1 is 0.833 bits per heavy atom. The van der Waals surface area contributed by atoms with Gasteiger partial charge in [0.05, 0.1) is 24.8 Å². The zero-order chi connectivity index (χ0) is 25.9. The second-order valence-corrected chi connectivity index (χ2v) is 10.1. The molecule has 0 aliphatic carbocycles. The minimum atomic E-state index is -4.13. The molecule has 0 spiro atoms. The van der Waals surface area contributed by atoms with Gasteiger partial charge in [-0.25, -0.2) is 8.42 Å². The molecule has 0 bridgehead atoms. The molecule has 4 aromatic carbocycles. The normalized spacial score (nSPS) is 11.2. The van der Waals surface area contributed by atoms with Crippen molar-refractivity contribution < 1.29 is 22.7 Å². The highest BCUT2D eigenvalue weighted by Crippen LogP contribution is 2.35. The molecule has 4 aromatic rings. The average molecular weight is 505 g/mol. The van der Waals surface area contributed by atoms with E-state index < -0.39 is 22.5 Å². The van der Waals surface area contributed by atoms with Gasteiger partial charge in [0.25, 0.3) is 10.0 Å². The minimum Gasteiger partial charge on any atom is -0.494 e. The van der Waals surface area contributed by atoms with E-state index >= 15 is 0 Å². The average Bonchev–Trinajstić information content (AvgIpc) is 2.88. The number of carbonyl (C=O) groups is 1. The van der Waals surface area contributed by atoms with Crippen molar-refractivity contribution in [3.05, 3.63) is 90.0 Å². The van der Waals surface area contributed by atoms with Crippen LogP contribution in [0, 0.1) is 13.8 Å². The van der Waals surface area contributed by atoms with Gasteiger partial charge >= 0.3 is 0 Å². The quantitative estimate of drug-likeness (QED) is 0.352. The number of amides is 1. The lowest BCUT2D eigenvalue weighted by Gasteiger charge is -2.27. The fourth-order valence-corrected chi connectivity index (χ4v) is 5.82. The Morgan fingerprint density at radius 3 is 2.14 bits per heavy atom. The number of nitrogens with zero attached hydrogens (tertiary/aromatic N) is 1. The van der Waals surface area contributed by atoms with Crippen LogP contribution < -0.4 is 19.1 Å². The number of sulfonamides is 1. The van der Waals surface area contributed by atoms with E-state index in [0.29, 0.717) is 28.3 Å². The molecule has 7 nitrogen and oxygen atoms in total. The Bertz CT molecular complexity index is 1510. The number of fused-ring (bicyclic) bond motifs is 1. The lowest BCUT2D eigenvalue weighted by Crippen LogP contribution is -2.38. The van der Waals surface area contributed by atoms with Crippen LogP contribution in [0.1, 0.15) is 11.1 Å². The van der Waals surface area contributed by atoms with E-state index in [4.69, 9.17) is 9.47 Å². The molecule has 0 heterocycles. The van der Waals surface area contributed by atoms with E-state index in [2.05, 4.69) is 5.32 Å². The van der Waals surface area contributed by atoms with E-state index in [9.17, 15) is 13.2 Å². The van der Waals surface area contributed by atoms with Gasteiger partial charge < -0.3 is 14.8 Å². The van der Waals surface area contributed by atoms with Crippen LogP contribution >= 0.6 is 0 Å². The summed E-state index contributed by atoms with van der Waals surface area (Å²) in [7, 11) is -1.16. The molecule has 0 fully saturated rings. The summed E-state index contributed by atoms with van der Waals surface area (Å²) in [5.41, 5.74) is 2.45. The smallest absolute Gasteiger partial charge is 0.265 e. The SMILES string of the molecule is COc1cccc(OC)c1NC(=O)CN(c1cccc(C)c1C)S(=O)(=O)c1cccc2ccccc12. The summed E-state index contributed by atoms with van der Waals surface area (Å²) in [5.74, 6) is 0.262. The Balaban J connectivity index is 1.81. The molecule has 0 aliphatic heterocycles. The molecule has 0 radical (unpaired) electrons. The second kappa shape index (κ2) is 10.3. The van der Waals surface area contributed by atoms with Crippen molar-refractivity contribution in [2.24, 2.45) is 0 Å². The molecule has 0 saturated heterocycles. The molecule has 1 N–H and O–H groups in total. The van der Waals surface area contributed by atoms with Crippen LogP contribution in [-0.2, 0) is 14.8 Å². The molecule has 1 amide bonds. The Labute approximate surface area is 211 Å². The van der Waals surface area contributed by atoms with Crippen LogP contribution in [0.5, 0.6) is 11.5 Å². The minimum absolute atomic E-state index is 0.129. The van der Waals surface area contributed by atoms with Crippen LogP contribution in [0.25, 0.3) is 10.8 Å². The highest BCUT2D eigenvalue weighted by atomic mass is 32.2. The maximum absolute atomic E-state index is 14.1. The first-order chi connectivity index (χ1) is 17.3. The van der Waals surface area contributed by atoms with Gasteiger partial charge in [0.2, 0.25) is 5.91 Å². The maximum Gasteiger partial charge on any atom is 0.265 e. The summed E-state index contributed by atoms with van der Waals surface area (Å²) in [4.78, 5) is 13.5. The summed E-state index contributed by atoms with van der Waals surface area (Å²) in [6.07, 6.45) is 0. The number of ether oxygens (including phenoxy) is 2. The first-order valence-electron chi connectivity index (χ1n) is 11.4. The van der Waals surface area contributed by atoms with Gasteiger partial charge in [0, 0.05) is 5.39 Å². The Hall–Kier alpha value is -4.04. The molecular formula is C28H28N2O5S. The predicted molar refractivity (Wildman–Crippen MR) is 143 cm³/mol. The number of nitrogens with one attached hydrogen (secondary N) is 1. The van der Waals surface area contributed by atoms with Gasteiger partial charge in [-0.05, 0) is 54.6 Å². The number of benzene rings is 4. The third kappa shape index (κ3) is 4.72.